The predicted octanol–water partition coefficient (Wildman–Crippen LogP) is 1.54. The van der Waals surface area contributed by atoms with Crippen LogP contribution in [0.15, 0.2) is 41.1 Å². The Labute approximate surface area is 132 Å². The van der Waals surface area contributed by atoms with Crippen LogP contribution in [0.5, 0.6) is 0 Å². The molecule has 122 valence electrons. The summed E-state index contributed by atoms with van der Waals surface area (Å²) in [6.07, 6.45) is 1.32. The van der Waals surface area contributed by atoms with Gasteiger partial charge in [0.1, 0.15) is 18.6 Å². The Kier molecular flexibility index (Phi) is 5.81. The molecule has 7 nitrogen and oxygen atoms in total. The fraction of sp³-hybridized carbons (Fsp3) is 0.267. The molecule has 0 spiro atoms. The highest BCUT2D eigenvalue weighted by atomic mass is 19.1. The number of ether oxygens (including phenoxy) is 1. The van der Waals surface area contributed by atoms with Gasteiger partial charge in [0.2, 0.25) is 5.91 Å². The van der Waals surface area contributed by atoms with Crippen LogP contribution in [-0.4, -0.2) is 48.7 Å². The number of aromatic nitrogens is 1. The summed E-state index contributed by atoms with van der Waals surface area (Å²) >= 11 is 0. The zero-order valence-electron chi connectivity index (χ0n) is 12.5. The SMILES string of the molecule is COCCN(CC(=O)Nc1ccon1)C(=O)c1ccc(F)cc1. The molecular formula is C15H16FN3O4. The molecule has 2 amide bonds. The average Bonchev–Trinajstić information content (AvgIpc) is 3.04. The van der Waals surface area contributed by atoms with Crippen molar-refractivity contribution in [2.24, 2.45) is 0 Å². The van der Waals surface area contributed by atoms with Gasteiger partial charge in [0, 0.05) is 25.3 Å². The molecule has 0 unspecified atom stereocenters. The number of amides is 2. The van der Waals surface area contributed by atoms with Crippen LogP contribution in [0.1, 0.15) is 10.4 Å². The van der Waals surface area contributed by atoms with Crippen LogP contribution >= 0.6 is 0 Å². The Morgan fingerprint density at radius 2 is 2.04 bits per heavy atom. The van der Waals surface area contributed by atoms with E-state index in [0.717, 1.165) is 0 Å². The summed E-state index contributed by atoms with van der Waals surface area (Å²) in [6.45, 7) is 0.301. The summed E-state index contributed by atoms with van der Waals surface area (Å²) in [7, 11) is 1.50. The van der Waals surface area contributed by atoms with Crippen molar-refractivity contribution in [3.05, 3.63) is 48.0 Å². The van der Waals surface area contributed by atoms with Gasteiger partial charge in [0.15, 0.2) is 5.82 Å². The minimum Gasteiger partial charge on any atom is -0.383 e. The van der Waals surface area contributed by atoms with Gasteiger partial charge in [-0.25, -0.2) is 4.39 Å². The molecule has 8 heteroatoms. The number of benzene rings is 1. The topological polar surface area (TPSA) is 84.7 Å². The molecule has 23 heavy (non-hydrogen) atoms. The monoisotopic (exact) mass is 321 g/mol. The fourth-order valence-electron chi connectivity index (χ4n) is 1.86. The molecule has 0 saturated heterocycles. The molecule has 1 aromatic heterocycles. The summed E-state index contributed by atoms with van der Waals surface area (Å²) in [6, 6.07) is 6.60. The number of halogens is 1. The smallest absolute Gasteiger partial charge is 0.254 e. The number of nitrogens with zero attached hydrogens (tertiary/aromatic N) is 2. The number of carbonyl (C=O) groups excluding carboxylic acids is 2. The molecule has 0 atom stereocenters. The van der Waals surface area contributed by atoms with Gasteiger partial charge in [-0.05, 0) is 24.3 Å². The minimum atomic E-state index is -0.436. The second kappa shape index (κ2) is 8.04. The van der Waals surface area contributed by atoms with E-state index in [-0.39, 0.29) is 31.1 Å². The van der Waals surface area contributed by atoms with Crippen LogP contribution < -0.4 is 5.32 Å². The Morgan fingerprint density at radius 1 is 1.30 bits per heavy atom. The van der Waals surface area contributed by atoms with Crippen LogP contribution in [0, 0.1) is 5.82 Å². The zero-order valence-corrected chi connectivity index (χ0v) is 12.5. The largest absolute Gasteiger partial charge is 0.383 e. The summed E-state index contributed by atoms with van der Waals surface area (Å²) in [4.78, 5) is 25.7. The first-order valence-corrected chi connectivity index (χ1v) is 6.84. The first-order valence-electron chi connectivity index (χ1n) is 6.84. The molecular weight excluding hydrogens is 305 g/mol. The van der Waals surface area contributed by atoms with Gasteiger partial charge in [-0.3, -0.25) is 9.59 Å². The maximum absolute atomic E-state index is 13.0. The third kappa shape index (κ3) is 4.89. The molecule has 0 aliphatic carbocycles. The molecule has 1 heterocycles. The van der Waals surface area contributed by atoms with E-state index in [9.17, 15) is 14.0 Å². The van der Waals surface area contributed by atoms with E-state index in [1.165, 1.54) is 48.6 Å². The molecule has 0 saturated carbocycles. The number of hydrogen-bond acceptors (Lipinski definition) is 5. The van der Waals surface area contributed by atoms with E-state index in [2.05, 4.69) is 15.0 Å². The number of anilines is 1. The lowest BCUT2D eigenvalue weighted by Crippen LogP contribution is -2.40. The van der Waals surface area contributed by atoms with E-state index in [4.69, 9.17) is 4.74 Å². The lowest BCUT2D eigenvalue weighted by Gasteiger charge is -2.21. The lowest BCUT2D eigenvalue weighted by molar-refractivity contribution is -0.117. The Morgan fingerprint density at radius 3 is 2.65 bits per heavy atom. The van der Waals surface area contributed by atoms with Crippen molar-refractivity contribution in [3.8, 4) is 0 Å². The maximum atomic E-state index is 13.0. The summed E-state index contributed by atoms with van der Waals surface area (Å²) in [5, 5.41) is 6.07. The number of hydrogen-bond donors (Lipinski definition) is 1. The molecule has 0 aliphatic heterocycles. The summed E-state index contributed by atoms with van der Waals surface area (Å²) < 4.78 is 22.5. The average molecular weight is 321 g/mol. The quantitative estimate of drug-likeness (QED) is 0.836. The molecule has 1 aromatic carbocycles. The standard InChI is InChI=1S/C15H16FN3O4/c1-22-9-7-19(10-14(20)17-13-6-8-23-18-13)15(21)11-2-4-12(16)5-3-11/h2-6,8H,7,9-10H2,1H3,(H,17,18,20). The van der Waals surface area contributed by atoms with E-state index in [0.29, 0.717) is 0 Å². The molecule has 2 aromatic rings. The summed E-state index contributed by atoms with van der Waals surface area (Å²) in [5.74, 6) is -0.993. The van der Waals surface area contributed by atoms with E-state index in [1.54, 1.807) is 0 Å². The van der Waals surface area contributed by atoms with Gasteiger partial charge in [-0.1, -0.05) is 5.16 Å². The Bertz CT molecular complexity index is 643. The minimum absolute atomic E-state index is 0.188. The number of rotatable bonds is 7. The third-order valence-corrected chi connectivity index (χ3v) is 2.98. The first-order chi connectivity index (χ1) is 11.1. The third-order valence-electron chi connectivity index (χ3n) is 2.98. The molecule has 0 aliphatic rings. The van der Waals surface area contributed by atoms with E-state index in [1.807, 2.05) is 0 Å². The van der Waals surface area contributed by atoms with Gasteiger partial charge in [-0.2, -0.15) is 0 Å². The van der Waals surface area contributed by atoms with Gasteiger partial charge < -0.3 is 19.5 Å². The van der Waals surface area contributed by atoms with Crippen LogP contribution in [0.25, 0.3) is 0 Å². The lowest BCUT2D eigenvalue weighted by atomic mass is 10.2. The molecule has 0 fully saturated rings. The van der Waals surface area contributed by atoms with Gasteiger partial charge >= 0.3 is 0 Å². The highest BCUT2D eigenvalue weighted by Gasteiger charge is 2.19. The molecule has 0 bridgehead atoms. The van der Waals surface area contributed by atoms with Crippen LogP contribution in [0.2, 0.25) is 0 Å². The molecule has 2 rings (SSSR count). The number of carbonyl (C=O) groups is 2. The van der Waals surface area contributed by atoms with Gasteiger partial charge in [-0.15, -0.1) is 0 Å². The highest BCUT2D eigenvalue weighted by molar-refractivity contribution is 5.99. The van der Waals surface area contributed by atoms with Crippen molar-refractivity contribution < 1.29 is 23.2 Å². The molecule has 0 radical (unpaired) electrons. The first kappa shape index (κ1) is 16.6. The fourth-order valence-corrected chi connectivity index (χ4v) is 1.86. The van der Waals surface area contributed by atoms with Gasteiger partial charge in [0.25, 0.3) is 5.91 Å². The predicted molar refractivity (Wildman–Crippen MR) is 79.3 cm³/mol. The van der Waals surface area contributed by atoms with Crippen LogP contribution in [-0.2, 0) is 9.53 Å². The van der Waals surface area contributed by atoms with Crippen molar-refractivity contribution in [2.45, 2.75) is 0 Å². The maximum Gasteiger partial charge on any atom is 0.254 e. The van der Waals surface area contributed by atoms with Crippen molar-refractivity contribution in [1.82, 2.24) is 10.1 Å². The van der Waals surface area contributed by atoms with Gasteiger partial charge in [0.05, 0.1) is 6.61 Å². The second-order valence-corrected chi connectivity index (χ2v) is 4.66. The van der Waals surface area contributed by atoms with Crippen molar-refractivity contribution >= 4 is 17.6 Å². The molecule has 1 N–H and O–H groups in total. The number of methoxy groups -OCH3 is 1. The number of nitrogens with one attached hydrogen (secondary N) is 1. The Balaban J connectivity index is 2.04. The Hall–Kier alpha value is -2.74. The van der Waals surface area contributed by atoms with E-state index >= 15 is 0 Å². The van der Waals surface area contributed by atoms with E-state index < -0.39 is 17.6 Å². The second-order valence-electron chi connectivity index (χ2n) is 4.66. The van der Waals surface area contributed by atoms with Crippen molar-refractivity contribution in [1.29, 1.82) is 0 Å². The summed E-state index contributed by atoms with van der Waals surface area (Å²) in [5.41, 5.74) is 0.289. The zero-order chi connectivity index (χ0) is 16.7. The van der Waals surface area contributed by atoms with Crippen molar-refractivity contribution in [2.75, 3.05) is 32.1 Å². The highest BCUT2D eigenvalue weighted by Crippen LogP contribution is 2.08. The normalized spacial score (nSPS) is 10.3. The van der Waals surface area contributed by atoms with Crippen molar-refractivity contribution in [3.63, 3.8) is 0 Å². The van der Waals surface area contributed by atoms with Crippen LogP contribution in [0.3, 0.4) is 0 Å². The van der Waals surface area contributed by atoms with Crippen LogP contribution in [0.4, 0.5) is 10.2 Å².